The minimum atomic E-state index is -0.232. The predicted octanol–water partition coefficient (Wildman–Crippen LogP) is 2.49. The molecule has 19 heavy (non-hydrogen) atoms. The number of allylic oxidation sites excluding steroid dienone is 1. The molecule has 3 atom stereocenters. The molecule has 1 aliphatic heterocycles. The molecule has 0 aromatic heterocycles. The summed E-state index contributed by atoms with van der Waals surface area (Å²) in [5.41, 5.74) is 0.945. The lowest BCUT2D eigenvalue weighted by Gasteiger charge is -2.17. The van der Waals surface area contributed by atoms with Gasteiger partial charge in [-0.05, 0) is 33.6 Å². The average molecular weight is 285 g/mol. The highest BCUT2D eigenvalue weighted by Crippen LogP contribution is 2.39. The molecular weight excluding hydrogens is 262 g/mol. The van der Waals surface area contributed by atoms with Crippen LogP contribution < -0.4 is 5.32 Å². The van der Waals surface area contributed by atoms with Crippen molar-refractivity contribution >= 4 is 23.6 Å². The third kappa shape index (κ3) is 4.90. The summed E-state index contributed by atoms with van der Waals surface area (Å²) in [6.07, 6.45) is 3.33. The number of esters is 1. The Balaban J connectivity index is 2.69. The third-order valence-corrected chi connectivity index (χ3v) is 4.62. The minimum Gasteiger partial charge on any atom is -0.466 e. The van der Waals surface area contributed by atoms with Crippen LogP contribution in [0.2, 0.25) is 0 Å². The molecule has 0 saturated carbocycles. The maximum atomic E-state index is 11.9. The SMILES string of the molecule is CCOC(=O)C1CC(CC)SC1NC(=O)C=C(C)C. The second-order valence-corrected chi connectivity index (χ2v) is 6.36. The van der Waals surface area contributed by atoms with Gasteiger partial charge in [-0.15, -0.1) is 11.8 Å². The molecule has 1 fully saturated rings. The van der Waals surface area contributed by atoms with E-state index in [4.69, 9.17) is 4.74 Å². The number of rotatable bonds is 5. The Morgan fingerprint density at radius 3 is 2.58 bits per heavy atom. The topological polar surface area (TPSA) is 55.4 Å². The van der Waals surface area contributed by atoms with Gasteiger partial charge in [0.15, 0.2) is 0 Å². The number of carbonyl (C=O) groups is 2. The first-order valence-electron chi connectivity index (χ1n) is 6.75. The van der Waals surface area contributed by atoms with Gasteiger partial charge in [-0.3, -0.25) is 9.59 Å². The number of hydrogen-bond acceptors (Lipinski definition) is 4. The van der Waals surface area contributed by atoms with Crippen molar-refractivity contribution in [3.05, 3.63) is 11.6 Å². The summed E-state index contributed by atoms with van der Waals surface area (Å²) in [6, 6.07) is 0. The molecule has 1 N–H and O–H groups in total. The Morgan fingerprint density at radius 1 is 1.37 bits per heavy atom. The predicted molar refractivity (Wildman–Crippen MR) is 77.8 cm³/mol. The third-order valence-electron chi connectivity index (χ3n) is 2.97. The van der Waals surface area contributed by atoms with Crippen molar-refractivity contribution < 1.29 is 14.3 Å². The molecule has 108 valence electrons. The van der Waals surface area contributed by atoms with Gasteiger partial charge in [0.25, 0.3) is 0 Å². The van der Waals surface area contributed by atoms with Gasteiger partial charge in [-0.2, -0.15) is 0 Å². The van der Waals surface area contributed by atoms with E-state index < -0.39 is 0 Å². The molecule has 3 unspecified atom stereocenters. The van der Waals surface area contributed by atoms with Gasteiger partial charge in [0, 0.05) is 11.3 Å². The molecule has 1 saturated heterocycles. The lowest BCUT2D eigenvalue weighted by molar-refractivity contribution is -0.148. The molecular formula is C14H23NO3S. The summed E-state index contributed by atoms with van der Waals surface area (Å²) >= 11 is 1.67. The number of hydrogen-bond donors (Lipinski definition) is 1. The van der Waals surface area contributed by atoms with E-state index in [1.54, 1.807) is 24.8 Å². The van der Waals surface area contributed by atoms with E-state index in [1.165, 1.54) is 0 Å². The van der Waals surface area contributed by atoms with E-state index >= 15 is 0 Å². The van der Waals surface area contributed by atoms with Gasteiger partial charge >= 0.3 is 5.97 Å². The van der Waals surface area contributed by atoms with E-state index in [-0.39, 0.29) is 23.2 Å². The van der Waals surface area contributed by atoms with Crippen LogP contribution in [-0.2, 0) is 14.3 Å². The molecule has 0 spiro atoms. The Morgan fingerprint density at radius 2 is 2.05 bits per heavy atom. The lowest BCUT2D eigenvalue weighted by atomic mass is 10.0. The van der Waals surface area contributed by atoms with Crippen LogP contribution in [-0.4, -0.2) is 29.1 Å². The first kappa shape index (κ1) is 16.1. The van der Waals surface area contributed by atoms with E-state index in [2.05, 4.69) is 12.2 Å². The summed E-state index contributed by atoms with van der Waals surface area (Å²) in [5.74, 6) is -0.568. The highest BCUT2D eigenvalue weighted by atomic mass is 32.2. The Kier molecular flexibility index (Phi) is 6.42. The lowest BCUT2D eigenvalue weighted by Crippen LogP contribution is -2.38. The van der Waals surface area contributed by atoms with E-state index in [0.717, 1.165) is 18.4 Å². The second kappa shape index (κ2) is 7.58. The standard InChI is InChI=1S/C14H23NO3S/c1-5-10-8-11(14(17)18-6-2)13(19-10)15-12(16)7-9(3)4/h7,10-11,13H,5-6,8H2,1-4H3,(H,15,16). The van der Waals surface area contributed by atoms with Crippen molar-refractivity contribution in [1.29, 1.82) is 0 Å². The van der Waals surface area contributed by atoms with Gasteiger partial charge in [0.2, 0.25) is 5.91 Å². The van der Waals surface area contributed by atoms with Crippen molar-refractivity contribution in [1.82, 2.24) is 5.32 Å². The number of thioether (sulfide) groups is 1. The first-order chi connectivity index (χ1) is 8.97. The van der Waals surface area contributed by atoms with Gasteiger partial charge < -0.3 is 10.1 Å². The smallest absolute Gasteiger partial charge is 0.311 e. The zero-order valence-corrected chi connectivity index (χ0v) is 12.9. The minimum absolute atomic E-state index is 0.136. The molecule has 0 aliphatic carbocycles. The fourth-order valence-corrected chi connectivity index (χ4v) is 3.60. The van der Waals surface area contributed by atoms with Gasteiger partial charge in [-0.25, -0.2) is 0 Å². The highest BCUT2D eigenvalue weighted by molar-refractivity contribution is 8.00. The van der Waals surface area contributed by atoms with Crippen LogP contribution in [0.15, 0.2) is 11.6 Å². The number of nitrogens with one attached hydrogen (secondary N) is 1. The Bertz CT molecular complexity index is 364. The van der Waals surface area contributed by atoms with Crippen LogP contribution in [0.4, 0.5) is 0 Å². The quantitative estimate of drug-likeness (QED) is 0.623. The normalized spacial score (nSPS) is 25.8. The van der Waals surface area contributed by atoms with Crippen molar-refractivity contribution in [3.8, 4) is 0 Å². The second-order valence-electron chi connectivity index (χ2n) is 4.91. The summed E-state index contributed by atoms with van der Waals surface area (Å²) in [4.78, 5) is 23.7. The van der Waals surface area contributed by atoms with Crippen LogP contribution >= 0.6 is 11.8 Å². The van der Waals surface area contributed by atoms with E-state index in [0.29, 0.717) is 11.9 Å². The summed E-state index contributed by atoms with van der Waals surface area (Å²) in [6.45, 7) is 8.03. The van der Waals surface area contributed by atoms with Crippen molar-refractivity contribution in [2.24, 2.45) is 5.92 Å². The molecule has 0 aromatic rings. The highest BCUT2D eigenvalue weighted by Gasteiger charge is 2.40. The Labute approximate surface area is 119 Å². The van der Waals surface area contributed by atoms with Crippen LogP contribution in [0, 0.1) is 5.92 Å². The summed E-state index contributed by atoms with van der Waals surface area (Å²) in [5, 5.41) is 3.15. The molecule has 0 bridgehead atoms. The Hall–Kier alpha value is -0.970. The molecule has 1 aliphatic rings. The van der Waals surface area contributed by atoms with Gasteiger partial charge in [-0.1, -0.05) is 12.5 Å². The number of amides is 1. The van der Waals surface area contributed by atoms with Gasteiger partial charge in [0.1, 0.15) is 0 Å². The zero-order valence-electron chi connectivity index (χ0n) is 12.1. The fourth-order valence-electron chi connectivity index (χ4n) is 2.08. The van der Waals surface area contributed by atoms with Crippen LogP contribution in [0.25, 0.3) is 0 Å². The van der Waals surface area contributed by atoms with Crippen molar-refractivity contribution in [3.63, 3.8) is 0 Å². The number of ether oxygens (including phenoxy) is 1. The average Bonchev–Trinajstić information content (AvgIpc) is 2.71. The summed E-state index contributed by atoms with van der Waals surface area (Å²) < 4.78 is 5.09. The number of carbonyl (C=O) groups excluding carboxylic acids is 2. The maximum Gasteiger partial charge on any atom is 0.311 e. The molecule has 0 radical (unpaired) electrons. The first-order valence-corrected chi connectivity index (χ1v) is 7.69. The largest absolute Gasteiger partial charge is 0.466 e. The molecule has 1 rings (SSSR count). The zero-order chi connectivity index (χ0) is 14.4. The van der Waals surface area contributed by atoms with Crippen LogP contribution in [0.3, 0.4) is 0 Å². The van der Waals surface area contributed by atoms with Crippen LogP contribution in [0.5, 0.6) is 0 Å². The molecule has 1 heterocycles. The molecule has 0 aromatic carbocycles. The van der Waals surface area contributed by atoms with Crippen molar-refractivity contribution in [2.75, 3.05) is 6.61 Å². The molecule has 4 nitrogen and oxygen atoms in total. The van der Waals surface area contributed by atoms with Gasteiger partial charge in [0.05, 0.1) is 17.9 Å². The van der Waals surface area contributed by atoms with Crippen molar-refractivity contribution in [2.45, 2.75) is 51.2 Å². The van der Waals surface area contributed by atoms with E-state index in [9.17, 15) is 9.59 Å². The molecule has 1 amide bonds. The fraction of sp³-hybridized carbons (Fsp3) is 0.714. The maximum absolute atomic E-state index is 11.9. The summed E-state index contributed by atoms with van der Waals surface area (Å²) in [7, 11) is 0. The van der Waals surface area contributed by atoms with E-state index in [1.807, 2.05) is 13.8 Å². The van der Waals surface area contributed by atoms with Crippen LogP contribution in [0.1, 0.15) is 40.5 Å². The molecule has 5 heteroatoms. The monoisotopic (exact) mass is 285 g/mol.